The highest BCUT2D eigenvalue weighted by atomic mass is 35.5. The summed E-state index contributed by atoms with van der Waals surface area (Å²) in [6.07, 6.45) is 6.58. The maximum absolute atomic E-state index is 13.0. The van der Waals surface area contributed by atoms with Crippen LogP contribution in [0.2, 0.25) is 15.1 Å². The van der Waals surface area contributed by atoms with Crippen LogP contribution in [0, 0.1) is 5.92 Å². The van der Waals surface area contributed by atoms with Gasteiger partial charge in [0.05, 0.1) is 16.8 Å². The number of anilines is 2. The number of likely N-dealkylation sites (tertiary alicyclic amines) is 1. The maximum atomic E-state index is 13.0. The molecule has 2 heterocycles. The minimum absolute atomic E-state index is 0.0282. The number of nitrogens with one attached hydrogen (secondary N) is 1. The Hall–Kier alpha value is -1.62. The monoisotopic (exact) mass is 507 g/mol. The fourth-order valence-electron chi connectivity index (χ4n) is 4.92. The van der Waals surface area contributed by atoms with Crippen molar-refractivity contribution in [1.82, 2.24) is 4.90 Å². The van der Waals surface area contributed by atoms with E-state index in [0.717, 1.165) is 68.8 Å². The number of nitrogens with zero attached hydrogens (tertiary/aromatic N) is 2. The van der Waals surface area contributed by atoms with Gasteiger partial charge in [0, 0.05) is 47.8 Å². The van der Waals surface area contributed by atoms with Crippen molar-refractivity contribution in [1.29, 1.82) is 0 Å². The summed E-state index contributed by atoms with van der Waals surface area (Å²) in [7, 11) is 0. The highest BCUT2D eigenvalue weighted by molar-refractivity contribution is 6.35. The number of hydrogen-bond donors (Lipinski definition) is 1. The third-order valence-corrected chi connectivity index (χ3v) is 7.77. The van der Waals surface area contributed by atoms with Crippen molar-refractivity contribution in [3.8, 4) is 0 Å². The molecule has 33 heavy (non-hydrogen) atoms. The molecule has 4 rings (SSSR count). The van der Waals surface area contributed by atoms with Crippen molar-refractivity contribution >= 4 is 52.1 Å². The molecule has 2 aliphatic heterocycles. The second-order valence-corrected chi connectivity index (χ2v) is 10.4. The summed E-state index contributed by atoms with van der Waals surface area (Å²) >= 11 is 18.9. The minimum Gasteiger partial charge on any atom is -0.377 e. The number of carbonyl (C=O) groups is 1. The number of piperidine rings is 1. The molecule has 0 aromatic heterocycles. The highest BCUT2D eigenvalue weighted by Crippen LogP contribution is 2.34. The van der Waals surface area contributed by atoms with E-state index in [9.17, 15) is 4.79 Å². The van der Waals surface area contributed by atoms with Crippen molar-refractivity contribution in [3.63, 3.8) is 0 Å². The van der Waals surface area contributed by atoms with E-state index < -0.39 is 0 Å². The summed E-state index contributed by atoms with van der Waals surface area (Å²) < 4.78 is 0. The van der Waals surface area contributed by atoms with Crippen LogP contribution in [0.15, 0.2) is 36.4 Å². The van der Waals surface area contributed by atoms with Crippen LogP contribution < -0.4 is 10.2 Å². The molecule has 0 spiro atoms. The largest absolute Gasteiger partial charge is 0.377 e. The van der Waals surface area contributed by atoms with Gasteiger partial charge in [0.2, 0.25) is 5.91 Å². The van der Waals surface area contributed by atoms with E-state index >= 15 is 0 Å². The maximum Gasteiger partial charge on any atom is 0.225 e. The molecule has 0 saturated carbocycles. The Bertz CT molecular complexity index is 967. The Morgan fingerprint density at radius 3 is 2.27 bits per heavy atom. The molecule has 2 aromatic carbocycles. The lowest BCUT2D eigenvalue weighted by atomic mass is 9.94. The van der Waals surface area contributed by atoms with Crippen LogP contribution in [0.1, 0.15) is 57.1 Å². The van der Waals surface area contributed by atoms with Crippen molar-refractivity contribution in [2.45, 2.75) is 51.5 Å². The van der Waals surface area contributed by atoms with Gasteiger partial charge in [-0.15, -0.1) is 0 Å². The first-order valence-corrected chi connectivity index (χ1v) is 13.1. The van der Waals surface area contributed by atoms with Gasteiger partial charge >= 0.3 is 0 Å². The Kier molecular flexibility index (Phi) is 8.32. The third-order valence-electron chi connectivity index (χ3n) is 6.88. The summed E-state index contributed by atoms with van der Waals surface area (Å²) in [5, 5.41) is 5.41. The van der Waals surface area contributed by atoms with E-state index in [1.165, 1.54) is 12.8 Å². The molecule has 2 fully saturated rings. The molecule has 0 radical (unpaired) electrons. The number of hydrogen-bond acceptors (Lipinski definition) is 3. The summed E-state index contributed by atoms with van der Waals surface area (Å²) in [6, 6.07) is 11.6. The zero-order chi connectivity index (χ0) is 23.4. The second kappa shape index (κ2) is 11.2. The van der Waals surface area contributed by atoms with E-state index in [2.05, 4.69) is 34.2 Å². The van der Waals surface area contributed by atoms with E-state index in [1.54, 1.807) is 6.07 Å². The predicted molar refractivity (Wildman–Crippen MR) is 140 cm³/mol. The van der Waals surface area contributed by atoms with Crippen LogP contribution in [0.4, 0.5) is 11.4 Å². The lowest BCUT2D eigenvalue weighted by Gasteiger charge is -2.35. The number of rotatable bonds is 5. The van der Waals surface area contributed by atoms with Gasteiger partial charge in [-0.25, -0.2) is 0 Å². The first-order valence-electron chi connectivity index (χ1n) is 12.0. The molecule has 1 amide bonds. The molecule has 1 atom stereocenters. The van der Waals surface area contributed by atoms with Crippen LogP contribution in [0.3, 0.4) is 0 Å². The lowest BCUT2D eigenvalue weighted by Crippen LogP contribution is -2.43. The van der Waals surface area contributed by atoms with Crippen LogP contribution in [-0.4, -0.2) is 37.0 Å². The Balaban J connectivity index is 1.39. The average Bonchev–Trinajstić information content (AvgIpc) is 3.10. The van der Waals surface area contributed by atoms with Crippen LogP contribution in [0.5, 0.6) is 0 Å². The Morgan fingerprint density at radius 2 is 1.61 bits per heavy atom. The quantitative estimate of drug-likeness (QED) is 0.456. The molecule has 178 valence electrons. The average molecular weight is 509 g/mol. The summed E-state index contributed by atoms with van der Waals surface area (Å²) in [6.45, 7) is 5.67. The number of amides is 1. The van der Waals surface area contributed by atoms with Crippen molar-refractivity contribution in [3.05, 3.63) is 57.0 Å². The Labute approximate surface area is 212 Å². The third kappa shape index (κ3) is 6.09. The zero-order valence-electron chi connectivity index (χ0n) is 19.1. The number of benzene rings is 2. The smallest absolute Gasteiger partial charge is 0.225 e. The fraction of sp³-hybridized carbons (Fsp3) is 0.500. The topological polar surface area (TPSA) is 35.6 Å². The normalized spacial score (nSPS) is 18.7. The molecule has 2 aliphatic rings. The first-order chi connectivity index (χ1) is 15.9. The Morgan fingerprint density at radius 1 is 0.909 bits per heavy atom. The molecular formula is C26H32Cl3N3O. The van der Waals surface area contributed by atoms with Crippen molar-refractivity contribution in [2.24, 2.45) is 5.92 Å². The minimum atomic E-state index is -0.0282. The van der Waals surface area contributed by atoms with Gasteiger partial charge in [-0.2, -0.15) is 0 Å². The first kappa shape index (κ1) is 24.5. The summed E-state index contributed by atoms with van der Waals surface area (Å²) in [5.74, 6) is 0.514. The van der Waals surface area contributed by atoms with Crippen LogP contribution in [0.25, 0.3) is 0 Å². The molecule has 0 bridgehead atoms. The highest BCUT2D eigenvalue weighted by Gasteiger charge is 2.29. The number of halogens is 3. The van der Waals surface area contributed by atoms with E-state index in [-0.39, 0.29) is 12.0 Å². The molecule has 1 N–H and O–H groups in total. The number of carbonyl (C=O) groups excluding carboxylic acids is 1. The predicted octanol–water partition coefficient (Wildman–Crippen LogP) is 7.44. The molecular weight excluding hydrogens is 477 g/mol. The molecule has 2 aromatic rings. The van der Waals surface area contributed by atoms with Crippen LogP contribution in [-0.2, 0) is 4.79 Å². The van der Waals surface area contributed by atoms with Crippen molar-refractivity contribution < 1.29 is 4.79 Å². The standard InChI is InChI=1S/C26H32Cl3N3O/c1-18(22-8-6-20(27)16-24(22)29)30-25-17-21(7-9-23(25)28)31-14-10-19(11-15-31)26(33)32-12-4-2-3-5-13-32/h6-9,16-19,30H,2-5,10-15H2,1H3/t18-/m1/s1. The molecule has 4 nitrogen and oxygen atoms in total. The molecule has 7 heteroatoms. The van der Waals surface area contributed by atoms with E-state index in [0.29, 0.717) is 21.0 Å². The van der Waals surface area contributed by atoms with Gasteiger partial charge in [-0.3, -0.25) is 4.79 Å². The second-order valence-electron chi connectivity index (χ2n) is 9.20. The van der Waals surface area contributed by atoms with Gasteiger partial charge in [-0.05, 0) is 68.5 Å². The van der Waals surface area contributed by atoms with Gasteiger partial charge in [-0.1, -0.05) is 53.7 Å². The van der Waals surface area contributed by atoms with E-state index in [4.69, 9.17) is 34.8 Å². The van der Waals surface area contributed by atoms with Crippen LogP contribution >= 0.6 is 34.8 Å². The van der Waals surface area contributed by atoms with Gasteiger partial charge in [0.1, 0.15) is 0 Å². The van der Waals surface area contributed by atoms with Crippen molar-refractivity contribution in [2.75, 3.05) is 36.4 Å². The zero-order valence-corrected chi connectivity index (χ0v) is 21.4. The lowest BCUT2D eigenvalue weighted by molar-refractivity contribution is -0.136. The summed E-state index contributed by atoms with van der Waals surface area (Å²) in [5.41, 5.74) is 2.96. The molecule has 2 saturated heterocycles. The summed E-state index contributed by atoms with van der Waals surface area (Å²) in [4.78, 5) is 17.5. The van der Waals surface area contributed by atoms with E-state index in [1.807, 2.05) is 18.2 Å². The molecule has 0 aliphatic carbocycles. The SMILES string of the molecule is C[C@@H](Nc1cc(N2CCC(C(=O)N3CCCCCC3)CC2)ccc1Cl)c1ccc(Cl)cc1Cl. The van der Waals surface area contributed by atoms with Gasteiger partial charge < -0.3 is 15.1 Å². The van der Waals surface area contributed by atoms with Gasteiger partial charge in [0.15, 0.2) is 0 Å². The fourth-order valence-corrected chi connectivity index (χ4v) is 5.66. The molecule has 0 unspecified atom stereocenters. The van der Waals surface area contributed by atoms with Gasteiger partial charge in [0.25, 0.3) is 0 Å².